The first-order chi connectivity index (χ1) is 14.5. The van der Waals surface area contributed by atoms with Crippen molar-refractivity contribution in [1.29, 1.82) is 5.26 Å². The highest BCUT2D eigenvalue weighted by molar-refractivity contribution is 5.82. The summed E-state index contributed by atoms with van der Waals surface area (Å²) in [5, 5.41) is 11.5. The van der Waals surface area contributed by atoms with Gasteiger partial charge in [0.15, 0.2) is 17.7 Å². The highest BCUT2D eigenvalue weighted by Crippen LogP contribution is 2.30. The van der Waals surface area contributed by atoms with Gasteiger partial charge in [0.05, 0.1) is 23.8 Å². The van der Waals surface area contributed by atoms with Crippen molar-refractivity contribution in [2.75, 3.05) is 13.2 Å². The van der Waals surface area contributed by atoms with E-state index < -0.39 is 29.2 Å². The molecule has 0 unspecified atom stereocenters. The Kier molecular flexibility index (Phi) is 9.23. The largest absolute Gasteiger partial charge is 0.491 e. The maximum absolute atomic E-state index is 15.0. The van der Waals surface area contributed by atoms with Gasteiger partial charge in [0.2, 0.25) is 0 Å². The smallest absolute Gasteiger partial charge is 0.254 e. The highest BCUT2D eigenvalue weighted by atomic mass is 19.1. The summed E-state index contributed by atoms with van der Waals surface area (Å²) in [4.78, 5) is 12.7. The maximum Gasteiger partial charge on any atom is 0.254 e. The average molecular weight is 416 g/mol. The number of hydrogen-bond donors (Lipinski definition) is 1. The lowest BCUT2D eigenvalue weighted by Crippen LogP contribution is -2.31. The molecule has 2 aromatic carbocycles. The van der Waals surface area contributed by atoms with Gasteiger partial charge in [-0.2, -0.15) is 5.26 Å². The first kappa shape index (κ1) is 23.3. The summed E-state index contributed by atoms with van der Waals surface area (Å²) in [6.07, 6.45) is 1.23. The van der Waals surface area contributed by atoms with E-state index in [4.69, 9.17) is 14.7 Å². The van der Waals surface area contributed by atoms with Gasteiger partial charge in [0, 0.05) is 13.2 Å². The first-order valence-corrected chi connectivity index (χ1v) is 10.0. The van der Waals surface area contributed by atoms with Gasteiger partial charge < -0.3 is 14.8 Å². The van der Waals surface area contributed by atoms with Crippen LogP contribution in [0, 0.1) is 23.0 Å². The number of rotatable bonds is 11. The van der Waals surface area contributed by atoms with Gasteiger partial charge in [-0.3, -0.25) is 4.79 Å². The van der Waals surface area contributed by atoms with E-state index in [-0.39, 0.29) is 18.9 Å². The molecule has 1 N–H and O–H groups in total. The Balaban J connectivity index is 2.16. The van der Waals surface area contributed by atoms with Gasteiger partial charge in [-0.1, -0.05) is 31.9 Å². The van der Waals surface area contributed by atoms with Crippen molar-refractivity contribution in [3.8, 4) is 11.8 Å². The van der Waals surface area contributed by atoms with E-state index in [0.29, 0.717) is 12.2 Å². The quantitative estimate of drug-likeness (QED) is 0.534. The van der Waals surface area contributed by atoms with Gasteiger partial charge in [-0.15, -0.1) is 0 Å². The molecule has 0 heterocycles. The van der Waals surface area contributed by atoms with Crippen LogP contribution in [0.25, 0.3) is 0 Å². The molecule has 2 rings (SSSR count). The van der Waals surface area contributed by atoms with Crippen LogP contribution in [0.5, 0.6) is 5.75 Å². The van der Waals surface area contributed by atoms with E-state index in [1.807, 2.05) is 13.0 Å². The van der Waals surface area contributed by atoms with Crippen molar-refractivity contribution in [2.24, 2.45) is 0 Å². The maximum atomic E-state index is 15.0. The van der Waals surface area contributed by atoms with Crippen molar-refractivity contribution in [3.05, 3.63) is 64.7 Å². The van der Waals surface area contributed by atoms with Crippen molar-refractivity contribution >= 4 is 5.91 Å². The van der Waals surface area contributed by atoms with Crippen LogP contribution >= 0.6 is 0 Å². The number of halogens is 2. The third-order valence-corrected chi connectivity index (χ3v) is 4.48. The summed E-state index contributed by atoms with van der Waals surface area (Å²) >= 11 is 0. The van der Waals surface area contributed by atoms with E-state index in [1.54, 1.807) is 31.2 Å². The number of benzene rings is 2. The molecule has 0 aliphatic rings. The standard InChI is InChI=1S/C23H26F2N2O3/c1-3-5-6-13-30-19-12-11-18(24)20(21(19)25)22(29-4-2)23(28)27-15-17-9-7-16(14-26)8-10-17/h7-12,22H,3-6,13,15H2,1-2H3,(H,27,28)/t22-/m0/s1. The monoisotopic (exact) mass is 416 g/mol. The molecule has 1 atom stereocenters. The van der Waals surface area contributed by atoms with Gasteiger partial charge in [0.1, 0.15) is 5.82 Å². The molecule has 0 bridgehead atoms. The van der Waals surface area contributed by atoms with Crippen molar-refractivity contribution in [2.45, 2.75) is 45.8 Å². The molecule has 2 aromatic rings. The molecule has 0 aliphatic carbocycles. The molecule has 5 nitrogen and oxygen atoms in total. The van der Waals surface area contributed by atoms with Crippen LogP contribution in [0.3, 0.4) is 0 Å². The third-order valence-electron chi connectivity index (χ3n) is 4.48. The fourth-order valence-corrected chi connectivity index (χ4v) is 2.87. The number of nitrogens with zero attached hydrogens (tertiary/aromatic N) is 1. The summed E-state index contributed by atoms with van der Waals surface area (Å²) in [5.41, 5.74) is 0.769. The fraction of sp³-hybridized carbons (Fsp3) is 0.391. The van der Waals surface area contributed by atoms with E-state index in [9.17, 15) is 13.6 Å². The molecule has 160 valence electrons. The molecule has 0 aliphatic heterocycles. The summed E-state index contributed by atoms with van der Waals surface area (Å²) in [6.45, 7) is 4.21. The molecule has 30 heavy (non-hydrogen) atoms. The number of carbonyl (C=O) groups is 1. The molecule has 0 aromatic heterocycles. The van der Waals surface area contributed by atoms with Crippen LogP contribution in [-0.4, -0.2) is 19.1 Å². The van der Waals surface area contributed by atoms with Gasteiger partial charge in [0.25, 0.3) is 5.91 Å². The Hall–Kier alpha value is -2.98. The normalized spacial score (nSPS) is 11.6. The molecule has 0 radical (unpaired) electrons. The lowest BCUT2D eigenvalue weighted by Gasteiger charge is -2.20. The molecular formula is C23H26F2N2O3. The average Bonchev–Trinajstić information content (AvgIpc) is 2.76. The number of ether oxygens (including phenoxy) is 2. The van der Waals surface area contributed by atoms with Gasteiger partial charge in [-0.25, -0.2) is 8.78 Å². The number of carbonyl (C=O) groups excluding carboxylic acids is 1. The number of nitrogens with one attached hydrogen (secondary N) is 1. The Morgan fingerprint density at radius 1 is 1.13 bits per heavy atom. The van der Waals surface area contributed by atoms with Crippen LogP contribution in [0.4, 0.5) is 8.78 Å². The summed E-state index contributed by atoms with van der Waals surface area (Å²) < 4.78 is 40.3. The predicted molar refractivity (Wildman–Crippen MR) is 109 cm³/mol. The molecule has 0 fully saturated rings. The van der Waals surface area contributed by atoms with Crippen molar-refractivity contribution in [3.63, 3.8) is 0 Å². The van der Waals surface area contributed by atoms with E-state index in [1.165, 1.54) is 6.07 Å². The predicted octanol–water partition coefficient (Wildman–Crippen LogP) is 4.80. The second-order valence-electron chi connectivity index (χ2n) is 6.69. The third kappa shape index (κ3) is 6.26. The van der Waals surface area contributed by atoms with E-state index in [0.717, 1.165) is 30.9 Å². The number of nitriles is 1. The molecule has 0 saturated heterocycles. The molecule has 1 amide bonds. The Morgan fingerprint density at radius 2 is 1.87 bits per heavy atom. The minimum Gasteiger partial charge on any atom is -0.491 e. The topological polar surface area (TPSA) is 71.3 Å². The minimum atomic E-state index is -1.45. The Bertz CT molecular complexity index is 879. The zero-order valence-corrected chi connectivity index (χ0v) is 17.2. The molecule has 0 saturated carbocycles. The number of amides is 1. The summed E-state index contributed by atoms with van der Waals surface area (Å²) in [6, 6.07) is 10.9. The summed E-state index contributed by atoms with van der Waals surface area (Å²) in [7, 11) is 0. The molecular weight excluding hydrogens is 390 g/mol. The SMILES string of the molecule is CCCCCOc1ccc(F)c([C@H](OCC)C(=O)NCc2ccc(C#N)cc2)c1F. The molecule has 7 heteroatoms. The second-order valence-corrected chi connectivity index (χ2v) is 6.69. The first-order valence-electron chi connectivity index (χ1n) is 10.0. The van der Waals surface area contributed by atoms with Crippen LogP contribution in [0.15, 0.2) is 36.4 Å². The number of unbranched alkanes of at least 4 members (excludes halogenated alkanes) is 2. The van der Waals surface area contributed by atoms with Crippen LogP contribution < -0.4 is 10.1 Å². The number of hydrogen-bond acceptors (Lipinski definition) is 4. The van der Waals surface area contributed by atoms with Crippen molar-refractivity contribution < 1.29 is 23.0 Å². The van der Waals surface area contributed by atoms with Crippen LogP contribution in [0.2, 0.25) is 0 Å². The minimum absolute atomic E-state index is 0.0927. The van der Waals surface area contributed by atoms with Gasteiger partial charge >= 0.3 is 0 Å². The second kappa shape index (κ2) is 11.9. The lowest BCUT2D eigenvalue weighted by molar-refractivity contribution is -0.133. The summed E-state index contributed by atoms with van der Waals surface area (Å²) in [5.74, 6) is -2.58. The Morgan fingerprint density at radius 3 is 2.50 bits per heavy atom. The zero-order chi connectivity index (χ0) is 21.9. The highest BCUT2D eigenvalue weighted by Gasteiger charge is 2.29. The van der Waals surface area contributed by atoms with Crippen LogP contribution in [0.1, 0.15) is 55.9 Å². The van der Waals surface area contributed by atoms with E-state index >= 15 is 0 Å². The molecule has 0 spiro atoms. The fourth-order valence-electron chi connectivity index (χ4n) is 2.87. The van der Waals surface area contributed by atoms with Gasteiger partial charge in [-0.05, 0) is 43.2 Å². The Labute approximate surface area is 175 Å². The van der Waals surface area contributed by atoms with Crippen LogP contribution in [-0.2, 0) is 16.1 Å². The lowest BCUT2D eigenvalue weighted by atomic mass is 10.1. The zero-order valence-electron chi connectivity index (χ0n) is 17.2. The van der Waals surface area contributed by atoms with Crippen molar-refractivity contribution in [1.82, 2.24) is 5.32 Å². The van der Waals surface area contributed by atoms with E-state index in [2.05, 4.69) is 5.32 Å².